The third-order valence-corrected chi connectivity index (χ3v) is 5.32. The van der Waals surface area contributed by atoms with Crippen LogP contribution in [0, 0.1) is 5.41 Å². The van der Waals surface area contributed by atoms with E-state index < -0.39 is 0 Å². The van der Waals surface area contributed by atoms with Crippen molar-refractivity contribution in [3.05, 3.63) is 24.4 Å². The van der Waals surface area contributed by atoms with Gasteiger partial charge in [-0.3, -0.25) is 5.10 Å². The van der Waals surface area contributed by atoms with E-state index in [-0.39, 0.29) is 0 Å². The first-order valence-electron chi connectivity index (χ1n) is 8.87. The standard InChI is InChI=1S/C19H30N4/c1-13(19(2,3)4)21-15-5-7-16(8-6-15)22-17-9-10-18-14(11-17)12-20-23-18/h9-13,15-16,21-22H,5-8H2,1-4H3,(H,20,23). The zero-order valence-corrected chi connectivity index (χ0v) is 14.8. The molecule has 0 aliphatic heterocycles. The Bertz CT molecular complexity index is 632. The number of fused-ring (bicyclic) bond motifs is 1. The summed E-state index contributed by atoms with van der Waals surface area (Å²) < 4.78 is 0. The number of H-pyrrole nitrogens is 1. The Morgan fingerprint density at radius 2 is 1.83 bits per heavy atom. The molecule has 1 aliphatic rings. The van der Waals surface area contributed by atoms with Gasteiger partial charge >= 0.3 is 0 Å². The van der Waals surface area contributed by atoms with Crippen molar-refractivity contribution in [2.24, 2.45) is 5.41 Å². The van der Waals surface area contributed by atoms with Gasteiger partial charge in [-0.05, 0) is 56.2 Å². The second kappa shape index (κ2) is 6.52. The van der Waals surface area contributed by atoms with Gasteiger partial charge in [-0.2, -0.15) is 5.10 Å². The Kier molecular flexibility index (Phi) is 4.62. The molecule has 4 heteroatoms. The fourth-order valence-electron chi connectivity index (χ4n) is 3.28. The zero-order chi connectivity index (χ0) is 16.4. The molecule has 0 amide bonds. The molecule has 0 bridgehead atoms. The first-order chi connectivity index (χ1) is 10.9. The summed E-state index contributed by atoms with van der Waals surface area (Å²) in [6.07, 6.45) is 6.86. The average molecular weight is 314 g/mol. The van der Waals surface area contributed by atoms with Crippen LogP contribution < -0.4 is 10.6 Å². The highest BCUT2D eigenvalue weighted by atomic mass is 15.1. The molecule has 1 unspecified atom stereocenters. The second-order valence-electron chi connectivity index (χ2n) is 8.12. The summed E-state index contributed by atoms with van der Waals surface area (Å²) in [5.74, 6) is 0. The summed E-state index contributed by atoms with van der Waals surface area (Å²) in [5, 5.41) is 15.8. The fourth-order valence-corrected chi connectivity index (χ4v) is 3.28. The number of nitrogens with one attached hydrogen (secondary N) is 3. The molecule has 0 saturated heterocycles. The van der Waals surface area contributed by atoms with Gasteiger partial charge < -0.3 is 10.6 Å². The lowest BCUT2D eigenvalue weighted by Crippen LogP contribution is -2.46. The van der Waals surface area contributed by atoms with Crippen molar-refractivity contribution in [2.45, 2.75) is 71.5 Å². The van der Waals surface area contributed by atoms with E-state index in [1.807, 2.05) is 6.20 Å². The molecule has 1 aliphatic carbocycles. The summed E-state index contributed by atoms with van der Waals surface area (Å²) in [6, 6.07) is 8.24. The molecule has 0 radical (unpaired) electrons. The molecule has 126 valence electrons. The Hall–Kier alpha value is -1.55. The third kappa shape index (κ3) is 4.05. The van der Waals surface area contributed by atoms with E-state index in [1.165, 1.54) is 36.8 Å². The predicted octanol–water partition coefficient (Wildman–Crippen LogP) is 4.31. The molecule has 2 aromatic rings. The normalized spacial score (nSPS) is 23.8. The lowest BCUT2D eigenvalue weighted by Gasteiger charge is -2.36. The van der Waals surface area contributed by atoms with E-state index in [1.54, 1.807) is 0 Å². The Balaban J connectivity index is 1.51. The van der Waals surface area contributed by atoms with Gasteiger partial charge in [0.05, 0.1) is 11.7 Å². The maximum Gasteiger partial charge on any atom is 0.0651 e. The van der Waals surface area contributed by atoms with Gasteiger partial charge in [0.1, 0.15) is 0 Å². The molecule has 3 rings (SSSR count). The summed E-state index contributed by atoms with van der Waals surface area (Å²) >= 11 is 0. The van der Waals surface area contributed by atoms with Gasteiger partial charge in [-0.1, -0.05) is 20.8 Å². The molecular formula is C19H30N4. The molecule has 23 heavy (non-hydrogen) atoms. The first-order valence-corrected chi connectivity index (χ1v) is 8.87. The van der Waals surface area contributed by atoms with Crippen LogP contribution >= 0.6 is 0 Å². The van der Waals surface area contributed by atoms with Crippen molar-refractivity contribution in [2.75, 3.05) is 5.32 Å². The van der Waals surface area contributed by atoms with Crippen LogP contribution in [-0.4, -0.2) is 28.3 Å². The minimum Gasteiger partial charge on any atom is -0.382 e. The maximum absolute atomic E-state index is 4.09. The van der Waals surface area contributed by atoms with E-state index in [4.69, 9.17) is 0 Å². The number of rotatable bonds is 4. The summed E-state index contributed by atoms with van der Waals surface area (Å²) in [6.45, 7) is 9.24. The lowest BCUT2D eigenvalue weighted by molar-refractivity contribution is 0.234. The van der Waals surface area contributed by atoms with Gasteiger partial charge in [0.15, 0.2) is 0 Å². The van der Waals surface area contributed by atoms with Crippen molar-refractivity contribution in [1.29, 1.82) is 0 Å². The molecule has 1 aromatic carbocycles. The summed E-state index contributed by atoms with van der Waals surface area (Å²) in [4.78, 5) is 0. The maximum atomic E-state index is 4.09. The quantitative estimate of drug-likeness (QED) is 0.788. The Morgan fingerprint density at radius 3 is 2.52 bits per heavy atom. The van der Waals surface area contributed by atoms with E-state index in [0.717, 1.165) is 5.52 Å². The fraction of sp³-hybridized carbons (Fsp3) is 0.632. The Morgan fingerprint density at radius 1 is 1.13 bits per heavy atom. The van der Waals surface area contributed by atoms with E-state index >= 15 is 0 Å². The van der Waals surface area contributed by atoms with Gasteiger partial charge in [0.25, 0.3) is 0 Å². The van der Waals surface area contributed by atoms with Crippen LogP contribution in [0.1, 0.15) is 53.4 Å². The van der Waals surface area contributed by atoms with E-state index in [9.17, 15) is 0 Å². The third-order valence-electron chi connectivity index (χ3n) is 5.32. The highest BCUT2D eigenvalue weighted by Gasteiger charge is 2.26. The van der Waals surface area contributed by atoms with Gasteiger partial charge in [-0.25, -0.2) is 0 Å². The highest BCUT2D eigenvalue weighted by Crippen LogP contribution is 2.26. The topological polar surface area (TPSA) is 52.7 Å². The lowest BCUT2D eigenvalue weighted by atomic mass is 9.85. The van der Waals surface area contributed by atoms with Crippen molar-refractivity contribution in [3.8, 4) is 0 Å². The van der Waals surface area contributed by atoms with Crippen molar-refractivity contribution >= 4 is 16.6 Å². The number of hydrogen-bond donors (Lipinski definition) is 3. The average Bonchev–Trinajstić information content (AvgIpc) is 2.96. The number of anilines is 1. The number of nitrogens with zero attached hydrogens (tertiary/aromatic N) is 1. The molecule has 3 N–H and O–H groups in total. The minimum absolute atomic E-state index is 0.328. The van der Waals surface area contributed by atoms with Crippen molar-refractivity contribution in [3.63, 3.8) is 0 Å². The van der Waals surface area contributed by atoms with Gasteiger partial charge in [-0.15, -0.1) is 0 Å². The first kappa shape index (κ1) is 16.3. The van der Waals surface area contributed by atoms with E-state index in [0.29, 0.717) is 23.5 Å². The van der Waals surface area contributed by atoms with Crippen molar-refractivity contribution in [1.82, 2.24) is 15.5 Å². The van der Waals surface area contributed by atoms with Crippen LogP contribution in [0.2, 0.25) is 0 Å². The van der Waals surface area contributed by atoms with Crippen LogP contribution in [-0.2, 0) is 0 Å². The molecular weight excluding hydrogens is 284 g/mol. The SMILES string of the molecule is CC(NC1CCC(Nc2ccc3[nH]ncc3c2)CC1)C(C)(C)C. The zero-order valence-electron chi connectivity index (χ0n) is 14.8. The van der Waals surface area contributed by atoms with Gasteiger partial charge in [0.2, 0.25) is 0 Å². The van der Waals surface area contributed by atoms with Gasteiger partial charge in [0, 0.05) is 29.2 Å². The minimum atomic E-state index is 0.328. The Labute approximate surface area is 139 Å². The molecule has 1 heterocycles. The molecule has 1 aromatic heterocycles. The van der Waals surface area contributed by atoms with Crippen LogP contribution in [0.4, 0.5) is 5.69 Å². The molecule has 4 nitrogen and oxygen atoms in total. The predicted molar refractivity (Wildman–Crippen MR) is 97.8 cm³/mol. The van der Waals surface area contributed by atoms with Crippen molar-refractivity contribution < 1.29 is 0 Å². The van der Waals surface area contributed by atoms with Crippen LogP contribution in [0.3, 0.4) is 0 Å². The number of aromatic amines is 1. The summed E-state index contributed by atoms with van der Waals surface area (Å²) in [5.41, 5.74) is 2.63. The van der Waals surface area contributed by atoms with Crippen LogP contribution in [0.5, 0.6) is 0 Å². The second-order valence-corrected chi connectivity index (χ2v) is 8.12. The highest BCUT2D eigenvalue weighted by molar-refractivity contribution is 5.81. The molecule has 1 atom stereocenters. The number of benzene rings is 1. The molecule has 1 saturated carbocycles. The van der Waals surface area contributed by atoms with Crippen LogP contribution in [0.15, 0.2) is 24.4 Å². The number of hydrogen-bond acceptors (Lipinski definition) is 3. The van der Waals surface area contributed by atoms with Crippen LogP contribution in [0.25, 0.3) is 10.9 Å². The summed E-state index contributed by atoms with van der Waals surface area (Å²) in [7, 11) is 0. The molecule has 1 fully saturated rings. The molecule has 0 spiro atoms. The monoisotopic (exact) mass is 314 g/mol. The van der Waals surface area contributed by atoms with E-state index in [2.05, 4.69) is 66.7 Å². The smallest absolute Gasteiger partial charge is 0.0651 e. The number of aromatic nitrogens is 2. The largest absolute Gasteiger partial charge is 0.382 e.